The van der Waals surface area contributed by atoms with Crippen molar-refractivity contribution in [3.05, 3.63) is 35.9 Å². The van der Waals surface area contributed by atoms with Gasteiger partial charge >= 0.3 is 5.97 Å². The zero-order valence-corrected chi connectivity index (χ0v) is 15.4. The number of nitrogens with zero attached hydrogens (tertiary/aromatic N) is 2. The van der Waals surface area contributed by atoms with Gasteiger partial charge in [0.05, 0.1) is 11.2 Å². The lowest BCUT2D eigenvalue weighted by Crippen LogP contribution is -2.42. The lowest BCUT2D eigenvalue weighted by molar-refractivity contribution is -0.148. The molecule has 0 radical (unpaired) electrons. The van der Waals surface area contributed by atoms with E-state index < -0.39 is 21.4 Å². The summed E-state index contributed by atoms with van der Waals surface area (Å²) in [4.78, 5) is 14.2. The summed E-state index contributed by atoms with van der Waals surface area (Å²) in [5, 5.41) is 9.80. The van der Waals surface area contributed by atoms with E-state index >= 15 is 0 Å². The molecule has 2 aliphatic heterocycles. The molecule has 138 valence electrons. The number of benzene rings is 1. The Kier molecular flexibility index (Phi) is 5.18. The predicted octanol–water partition coefficient (Wildman–Crippen LogP) is 1.29. The van der Waals surface area contributed by atoms with Crippen molar-refractivity contribution in [2.75, 3.05) is 38.5 Å². The van der Waals surface area contributed by atoms with Crippen LogP contribution in [0.2, 0.25) is 0 Å². The monoisotopic (exact) mass is 366 g/mol. The minimum atomic E-state index is -3.33. The molecule has 0 spiro atoms. The molecule has 1 N–H and O–H groups in total. The van der Waals surface area contributed by atoms with Gasteiger partial charge in [0.15, 0.2) is 0 Å². The van der Waals surface area contributed by atoms with Gasteiger partial charge in [0, 0.05) is 32.1 Å². The lowest BCUT2D eigenvalue weighted by Gasteiger charge is -2.25. The standard InChI is InChI=1S/C18H26N2O4S/c1-2-25(23,24)20-12-16-11-19(13-18(16,14-20)17(21)22)10-6-9-15-7-4-3-5-8-15/h3-5,7-8,16H,2,6,9-14H2,1H3,(H,21,22)/t16-,18-/m1/s1. The number of carboxylic acid groups (broad SMARTS) is 1. The molecule has 1 aromatic carbocycles. The van der Waals surface area contributed by atoms with Crippen molar-refractivity contribution in [1.29, 1.82) is 0 Å². The Morgan fingerprint density at radius 3 is 2.56 bits per heavy atom. The Balaban J connectivity index is 1.61. The molecule has 25 heavy (non-hydrogen) atoms. The first kappa shape index (κ1) is 18.4. The molecule has 1 aromatic rings. The maximum atomic E-state index is 12.1. The van der Waals surface area contributed by atoms with E-state index in [1.807, 2.05) is 18.2 Å². The van der Waals surface area contributed by atoms with E-state index in [0.717, 1.165) is 19.4 Å². The molecule has 0 bridgehead atoms. The Morgan fingerprint density at radius 1 is 1.24 bits per heavy atom. The molecule has 0 unspecified atom stereocenters. The second-order valence-electron chi connectivity index (χ2n) is 7.18. The van der Waals surface area contributed by atoms with Crippen molar-refractivity contribution < 1.29 is 18.3 Å². The molecule has 2 aliphatic rings. The van der Waals surface area contributed by atoms with Crippen LogP contribution < -0.4 is 0 Å². The van der Waals surface area contributed by atoms with Gasteiger partial charge in [0.2, 0.25) is 10.0 Å². The summed E-state index contributed by atoms with van der Waals surface area (Å²) in [5.41, 5.74) is 0.338. The third-order valence-electron chi connectivity index (χ3n) is 5.62. The van der Waals surface area contributed by atoms with E-state index in [1.165, 1.54) is 9.87 Å². The van der Waals surface area contributed by atoms with Crippen LogP contribution >= 0.6 is 0 Å². The number of fused-ring (bicyclic) bond motifs is 1. The molecule has 7 heteroatoms. The van der Waals surface area contributed by atoms with Crippen molar-refractivity contribution >= 4 is 16.0 Å². The summed E-state index contributed by atoms with van der Waals surface area (Å²) >= 11 is 0. The number of aryl methyl sites for hydroxylation is 1. The van der Waals surface area contributed by atoms with Crippen molar-refractivity contribution in [3.8, 4) is 0 Å². The number of hydrogen-bond donors (Lipinski definition) is 1. The normalized spacial score (nSPS) is 27.5. The Bertz CT molecular complexity index is 722. The van der Waals surface area contributed by atoms with E-state index in [-0.39, 0.29) is 18.2 Å². The van der Waals surface area contributed by atoms with Crippen LogP contribution in [0.15, 0.2) is 30.3 Å². The zero-order valence-electron chi connectivity index (χ0n) is 14.6. The van der Waals surface area contributed by atoms with Gasteiger partial charge in [-0.2, -0.15) is 0 Å². The third kappa shape index (κ3) is 3.59. The highest BCUT2D eigenvalue weighted by atomic mass is 32.2. The van der Waals surface area contributed by atoms with Crippen LogP contribution in [0.4, 0.5) is 0 Å². The molecule has 0 saturated carbocycles. The number of aliphatic carboxylic acids is 1. The third-order valence-corrected chi connectivity index (χ3v) is 7.41. The second-order valence-corrected chi connectivity index (χ2v) is 9.43. The highest BCUT2D eigenvalue weighted by Gasteiger charge is 2.59. The smallest absolute Gasteiger partial charge is 0.312 e. The first-order valence-electron chi connectivity index (χ1n) is 8.85. The van der Waals surface area contributed by atoms with Crippen LogP contribution in [0, 0.1) is 11.3 Å². The topological polar surface area (TPSA) is 77.9 Å². The van der Waals surface area contributed by atoms with Crippen molar-refractivity contribution in [2.45, 2.75) is 19.8 Å². The highest BCUT2D eigenvalue weighted by Crippen LogP contribution is 2.43. The summed E-state index contributed by atoms with van der Waals surface area (Å²) < 4.78 is 25.6. The molecule has 0 amide bonds. The van der Waals surface area contributed by atoms with Gasteiger partial charge in [0.25, 0.3) is 0 Å². The maximum absolute atomic E-state index is 12.1. The van der Waals surface area contributed by atoms with Gasteiger partial charge in [-0.05, 0) is 31.9 Å². The van der Waals surface area contributed by atoms with Crippen LogP contribution in [0.3, 0.4) is 0 Å². The van der Waals surface area contributed by atoms with Crippen molar-refractivity contribution in [2.24, 2.45) is 11.3 Å². The van der Waals surface area contributed by atoms with Crippen LogP contribution in [0.1, 0.15) is 18.9 Å². The molecule has 0 aromatic heterocycles. The van der Waals surface area contributed by atoms with Gasteiger partial charge in [-0.25, -0.2) is 12.7 Å². The Labute approximate surface area is 149 Å². The molecular weight excluding hydrogens is 340 g/mol. The zero-order chi connectivity index (χ0) is 18.1. The molecule has 0 aliphatic carbocycles. The summed E-state index contributed by atoms with van der Waals surface area (Å²) in [6, 6.07) is 10.3. The maximum Gasteiger partial charge on any atom is 0.312 e. The summed E-state index contributed by atoms with van der Waals surface area (Å²) in [6.45, 7) is 4.00. The predicted molar refractivity (Wildman–Crippen MR) is 95.8 cm³/mol. The SMILES string of the molecule is CCS(=O)(=O)N1C[C@H]2CN(CCCc3ccccc3)C[C@@]2(C(=O)O)C1. The van der Waals surface area contributed by atoms with Crippen LogP contribution in [0.25, 0.3) is 0 Å². The number of carbonyl (C=O) groups is 1. The molecule has 2 saturated heterocycles. The van der Waals surface area contributed by atoms with E-state index in [0.29, 0.717) is 19.6 Å². The van der Waals surface area contributed by atoms with Gasteiger partial charge in [-0.15, -0.1) is 0 Å². The molecule has 2 fully saturated rings. The Hall–Kier alpha value is -1.44. The molecular formula is C18H26N2O4S. The molecule has 3 rings (SSSR count). The minimum absolute atomic E-state index is 0.0240. The lowest BCUT2D eigenvalue weighted by atomic mass is 9.81. The van der Waals surface area contributed by atoms with E-state index in [1.54, 1.807) is 6.92 Å². The first-order valence-corrected chi connectivity index (χ1v) is 10.5. The average Bonchev–Trinajstić information content (AvgIpc) is 3.11. The van der Waals surface area contributed by atoms with E-state index in [9.17, 15) is 18.3 Å². The largest absolute Gasteiger partial charge is 0.481 e. The van der Waals surface area contributed by atoms with Crippen LogP contribution in [-0.4, -0.2) is 67.2 Å². The summed E-state index contributed by atoms with van der Waals surface area (Å²) in [6.07, 6.45) is 1.95. The molecule has 2 atom stereocenters. The van der Waals surface area contributed by atoms with E-state index in [4.69, 9.17) is 0 Å². The average molecular weight is 366 g/mol. The van der Waals surface area contributed by atoms with Gasteiger partial charge in [0.1, 0.15) is 0 Å². The van der Waals surface area contributed by atoms with Gasteiger partial charge in [-0.3, -0.25) is 4.79 Å². The number of sulfonamides is 1. The van der Waals surface area contributed by atoms with Gasteiger partial charge < -0.3 is 10.0 Å². The van der Waals surface area contributed by atoms with E-state index in [2.05, 4.69) is 17.0 Å². The van der Waals surface area contributed by atoms with Crippen molar-refractivity contribution in [1.82, 2.24) is 9.21 Å². The fourth-order valence-electron chi connectivity index (χ4n) is 4.14. The van der Waals surface area contributed by atoms with Crippen molar-refractivity contribution in [3.63, 3.8) is 0 Å². The molecule has 6 nitrogen and oxygen atoms in total. The summed E-state index contributed by atoms with van der Waals surface area (Å²) in [7, 11) is -3.33. The number of rotatable bonds is 7. The van der Waals surface area contributed by atoms with Crippen LogP contribution in [-0.2, 0) is 21.2 Å². The highest BCUT2D eigenvalue weighted by molar-refractivity contribution is 7.89. The fraction of sp³-hybridized carbons (Fsp3) is 0.611. The number of hydrogen-bond acceptors (Lipinski definition) is 4. The fourth-order valence-corrected chi connectivity index (χ4v) is 5.34. The Morgan fingerprint density at radius 2 is 1.96 bits per heavy atom. The number of carboxylic acids is 1. The quantitative estimate of drug-likeness (QED) is 0.787. The van der Waals surface area contributed by atoms with Crippen LogP contribution in [0.5, 0.6) is 0 Å². The molecule has 2 heterocycles. The number of likely N-dealkylation sites (tertiary alicyclic amines) is 1. The minimum Gasteiger partial charge on any atom is -0.481 e. The summed E-state index contributed by atoms with van der Waals surface area (Å²) in [5.74, 6) is -0.962. The second kappa shape index (κ2) is 7.05. The first-order chi connectivity index (χ1) is 11.9. The van der Waals surface area contributed by atoms with Gasteiger partial charge in [-0.1, -0.05) is 30.3 Å².